The van der Waals surface area contributed by atoms with Crippen molar-refractivity contribution in [3.05, 3.63) is 102 Å². The average molecular weight is 469 g/mol. The second-order valence-corrected chi connectivity index (χ2v) is 8.69. The molecule has 1 aromatic heterocycles. The summed E-state index contributed by atoms with van der Waals surface area (Å²) in [6.45, 7) is 1.83. The van der Waals surface area contributed by atoms with Crippen LogP contribution in [0.5, 0.6) is 0 Å². The zero-order valence-corrected chi connectivity index (χ0v) is 19.3. The number of carbonyl (C=O) groups excluding carboxylic acids is 2. The van der Waals surface area contributed by atoms with Gasteiger partial charge in [0.2, 0.25) is 11.9 Å². The van der Waals surface area contributed by atoms with Gasteiger partial charge in [-0.15, -0.1) is 0 Å². The van der Waals surface area contributed by atoms with Crippen LogP contribution in [0.1, 0.15) is 28.8 Å². The van der Waals surface area contributed by atoms with Crippen LogP contribution in [0, 0.1) is 12.7 Å². The number of anilines is 1. The summed E-state index contributed by atoms with van der Waals surface area (Å²) in [5, 5.41) is 2.89. The molecule has 1 fully saturated rings. The van der Waals surface area contributed by atoms with E-state index in [0.717, 1.165) is 29.7 Å². The van der Waals surface area contributed by atoms with Crippen LogP contribution in [-0.2, 0) is 4.79 Å². The molecule has 35 heavy (non-hydrogen) atoms. The van der Waals surface area contributed by atoms with Gasteiger partial charge in [0, 0.05) is 29.1 Å². The highest BCUT2D eigenvalue weighted by Crippen LogP contribution is 2.29. The van der Waals surface area contributed by atoms with Gasteiger partial charge in [-0.2, -0.15) is 0 Å². The van der Waals surface area contributed by atoms with Gasteiger partial charge < -0.3 is 4.90 Å². The fourth-order valence-electron chi connectivity index (χ4n) is 4.05. The van der Waals surface area contributed by atoms with Gasteiger partial charge in [-0.25, -0.2) is 9.37 Å². The molecular formula is C28H25FN4O2. The van der Waals surface area contributed by atoms with E-state index in [2.05, 4.69) is 10.3 Å². The minimum atomic E-state index is -0.330. The lowest BCUT2D eigenvalue weighted by atomic mass is 10.1. The standard InChI is InChI=1S/C28H25FN4O2/c1-19-7-5-6-10-24(19)27(35)32(23-15-16-23)18-26(34)31-28-30-25(20-11-13-21(29)14-12-20)17-33(28)22-8-3-2-4-9-22/h2-14,17,23H,15-16,18H2,1H3,(H,30,31,34). The summed E-state index contributed by atoms with van der Waals surface area (Å²) in [5.74, 6) is -0.464. The molecule has 5 rings (SSSR count). The number of aryl methyl sites for hydroxylation is 1. The van der Waals surface area contributed by atoms with Crippen LogP contribution in [0.3, 0.4) is 0 Å². The average Bonchev–Trinajstić information content (AvgIpc) is 3.63. The Hall–Kier alpha value is -4.26. The van der Waals surface area contributed by atoms with Crippen molar-refractivity contribution in [1.82, 2.24) is 14.5 Å². The van der Waals surface area contributed by atoms with Crippen LogP contribution < -0.4 is 5.32 Å². The second kappa shape index (κ2) is 9.54. The second-order valence-electron chi connectivity index (χ2n) is 8.69. The van der Waals surface area contributed by atoms with E-state index in [1.54, 1.807) is 33.9 Å². The molecule has 1 aliphatic rings. The van der Waals surface area contributed by atoms with Crippen LogP contribution in [0.15, 0.2) is 85.1 Å². The molecule has 3 aromatic carbocycles. The maximum atomic E-state index is 13.4. The highest BCUT2D eigenvalue weighted by Gasteiger charge is 2.35. The van der Waals surface area contributed by atoms with Crippen molar-refractivity contribution in [2.45, 2.75) is 25.8 Å². The van der Waals surface area contributed by atoms with Crippen molar-refractivity contribution in [3.63, 3.8) is 0 Å². The van der Waals surface area contributed by atoms with E-state index in [9.17, 15) is 14.0 Å². The topological polar surface area (TPSA) is 67.2 Å². The molecule has 0 saturated heterocycles. The maximum Gasteiger partial charge on any atom is 0.254 e. The summed E-state index contributed by atoms with van der Waals surface area (Å²) < 4.78 is 15.2. The molecule has 0 spiro atoms. The minimum absolute atomic E-state index is 0.0641. The molecule has 0 aliphatic heterocycles. The molecule has 4 aromatic rings. The number of rotatable bonds is 7. The first-order valence-corrected chi connectivity index (χ1v) is 11.6. The van der Waals surface area contributed by atoms with E-state index in [0.29, 0.717) is 17.2 Å². The van der Waals surface area contributed by atoms with Gasteiger partial charge in [-0.3, -0.25) is 19.5 Å². The van der Waals surface area contributed by atoms with Gasteiger partial charge in [0.25, 0.3) is 5.91 Å². The predicted molar refractivity (Wildman–Crippen MR) is 133 cm³/mol. The summed E-state index contributed by atoms with van der Waals surface area (Å²) in [7, 11) is 0. The molecule has 176 valence electrons. The number of nitrogens with zero attached hydrogens (tertiary/aromatic N) is 3. The SMILES string of the molecule is Cc1ccccc1C(=O)N(CC(=O)Nc1nc(-c2ccc(F)cc2)cn1-c1ccccc1)C1CC1. The van der Waals surface area contributed by atoms with E-state index in [1.165, 1.54) is 12.1 Å². The Labute approximate surface area is 203 Å². The fourth-order valence-corrected chi connectivity index (χ4v) is 4.05. The molecule has 2 amide bonds. The van der Waals surface area contributed by atoms with E-state index < -0.39 is 0 Å². The third kappa shape index (κ3) is 4.99. The van der Waals surface area contributed by atoms with E-state index in [-0.39, 0.29) is 30.2 Å². The molecule has 0 radical (unpaired) electrons. The van der Waals surface area contributed by atoms with Gasteiger partial charge in [-0.05, 0) is 67.8 Å². The molecule has 7 heteroatoms. The van der Waals surface area contributed by atoms with Crippen molar-refractivity contribution in [2.24, 2.45) is 0 Å². The van der Waals surface area contributed by atoms with E-state index >= 15 is 0 Å². The van der Waals surface area contributed by atoms with Gasteiger partial charge in [0.1, 0.15) is 12.4 Å². The minimum Gasteiger partial charge on any atom is -0.326 e. The van der Waals surface area contributed by atoms with Crippen molar-refractivity contribution in [2.75, 3.05) is 11.9 Å². The first-order chi connectivity index (χ1) is 17.0. The Morgan fingerprint density at radius 2 is 1.69 bits per heavy atom. The number of carbonyl (C=O) groups is 2. The van der Waals surface area contributed by atoms with E-state index in [1.807, 2.05) is 55.5 Å². The quantitative estimate of drug-likeness (QED) is 0.404. The summed E-state index contributed by atoms with van der Waals surface area (Å²) in [5.41, 5.74) is 3.63. The number of imidazole rings is 1. The number of hydrogen-bond donors (Lipinski definition) is 1. The molecule has 1 saturated carbocycles. The van der Waals surface area contributed by atoms with Crippen LogP contribution in [-0.4, -0.2) is 38.9 Å². The number of nitrogens with one attached hydrogen (secondary N) is 1. The molecule has 0 atom stereocenters. The van der Waals surface area contributed by atoms with E-state index in [4.69, 9.17) is 0 Å². The Balaban J connectivity index is 1.41. The van der Waals surface area contributed by atoms with Gasteiger partial charge >= 0.3 is 0 Å². The lowest BCUT2D eigenvalue weighted by Gasteiger charge is -2.22. The third-order valence-electron chi connectivity index (χ3n) is 6.07. The smallest absolute Gasteiger partial charge is 0.254 e. The highest BCUT2D eigenvalue weighted by atomic mass is 19.1. The zero-order chi connectivity index (χ0) is 24.4. The van der Waals surface area contributed by atoms with Gasteiger partial charge in [0.05, 0.1) is 5.69 Å². The molecule has 6 nitrogen and oxygen atoms in total. The van der Waals surface area contributed by atoms with Crippen molar-refractivity contribution in [3.8, 4) is 16.9 Å². The Morgan fingerprint density at radius 3 is 2.37 bits per heavy atom. The van der Waals surface area contributed by atoms with Crippen molar-refractivity contribution < 1.29 is 14.0 Å². The number of hydrogen-bond acceptors (Lipinski definition) is 3. The first-order valence-electron chi connectivity index (χ1n) is 11.6. The number of para-hydroxylation sites is 1. The Morgan fingerprint density at radius 1 is 1.00 bits per heavy atom. The van der Waals surface area contributed by atoms with Crippen molar-refractivity contribution >= 4 is 17.8 Å². The zero-order valence-electron chi connectivity index (χ0n) is 19.3. The molecule has 0 bridgehead atoms. The number of amides is 2. The molecule has 1 aliphatic carbocycles. The summed E-state index contributed by atoms with van der Waals surface area (Å²) in [6, 6.07) is 23.0. The van der Waals surface area contributed by atoms with Crippen molar-refractivity contribution in [1.29, 1.82) is 0 Å². The van der Waals surface area contributed by atoms with Crippen LogP contribution in [0.4, 0.5) is 10.3 Å². The number of aromatic nitrogens is 2. The summed E-state index contributed by atoms with van der Waals surface area (Å²) in [6.07, 6.45) is 3.58. The Kier molecular flexibility index (Phi) is 6.14. The maximum absolute atomic E-state index is 13.4. The lowest BCUT2D eigenvalue weighted by Crippen LogP contribution is -2.40. The molecular weight excluding hydrogens is 443 g/mol. The first kappa shape index (κ1) is 22.5. The van der Waals surface area contributed by atoms with Crippen LogP contribution in [0.25, 0.3) is 16.9 Å². The van der Waals surface area contributed by atoms with Gasteiger partial charge in [-0.1, -0.05) is 36.4 Å². The summed E-state index contributed by atoms with van der Waals surface area (Å²) in [4.78, 5) is 32.6. The van der Waals surface area contributed by atoms with Crippen LogP contribution >= 0.6 is 0 Å². The largest absolute Gasteiger partial charge is 0.326 e. The monoisotopic (exact) mass is 468 g/mol. The third-order valence-corrected chi connectivity index (χ3v) is 6.07. The number of halogens is 1. The molecule has 1 N–H and O–H groups in total. The molecule has 1 heterocycles. The van der Waals surface area contributed by atoms with Crippen LogP contribution in [0.2, 0.25) is 0 Å². The fraction of sp³-hybridized carbons (Fsp3) is 0.179. The molecule has 0 unspecified atom stereocenters. The van der Waals surface area contributed by atoms with Gasteiger partial charge in [0.15, 0.2) is 0 Å². The highest BCUT2D eigenvalue weighted by molar-refractivity contribution is 6.00. The predicted octanol–water partition coefficient (Wildman–Crippen LogP) is 5.23. The number of benzene rings is 3. The lowest BCUT2D eigenvalue weighted by molar-refractivity contribution is -0.117. The Bertz CT molecular complexity index is 1360. The summed E-state index contributed by atoms with van der Waals surface area (Å²) >= 11 is 0. The normalized spacial score (nSPS) is 12.9.